The number of carbonyl (C=O) groups is 3. The molecule has 0 spiro atoms. The summed E-state index contributed by atoms with van der Waals surface area (Å²) in [5, 5.41) is 9.43. The lowest BCUT2D eigenvalue weighted by Crippen LogP contribution is -2.39. The number of nitrogens with one attached hydrogen (secondary N) is 1. The molecule has 204 valence electrons. The van der Waals surface area contributed by atoms with Crippen LogP contribution in [0, 0.1) is 23.2 Å². The summed E-state index contributed by atoms with van der Waals surface area (Å²) in [7, 11) is 2.52. The van der Waals surface area contributed by atoms with Gasteiger partial charge in [-0.1, -0.05) is 76.6 Å². The Bertz CT molecular complexity index is 990. The van der Waals surface area contributed by atoms with Crippen molar-refractivity contribution in [3.8, 4) is 11.8 Å². The maximum absolute atomic E-state index is 11.2. The fourth-order valence-electron chi connectivity index (χ4n) is 2.40. The van der Waals surface area contributed by atoms with Gasteiger partial charge >= 0.3 is 0 Å². The van der Waals surface area contributed by atoms with Crippen LogP contribution in [-0.4, -0.2) is 36.7 Å². The summed E-state index contributed by atoms with van der Waals surface area (Å²) in [6.07, 6.45) is 4.01. The second kappa shape index (κ2) is 19.9. The van der Waals surface area contributed by atoms with Crippen LogP contribution in [0.15, 0.2) is 48.5 Å². The van der Waals surface area contributed by atoms with Crippen LogP contribution in [-0.2, 0) is 16.0 Å². The summed E-state index contributed by atoms with van der Waals surface area (Å²) < 4.78 is 0. The van der Waals surface area contributed by atoms with Crippen LogP contribution in [0.3, 0.4) is 0 Å². The molecule has 0 aromatic heterocycles. The van der Waals surface area contributed by atoms with Crippen LogP contribution in [0.25, 0.3) is 0 Å². The molecular formula is C32H47NO4. The van der Waals surface area contributed by atoms with Gasteiger partial charge in [-0.2, -0.15) is 0 Å². The zero-order valence-electron chi connectivity index (χ0n) is 24.5. The van der Waals surface area contributed by atoms with Crippen molar-refractivity contribution in [3.05, 3.63) is 70.8 Å². The third kappa shape index (κ3) is 15.5. The first kappa shape index (κ1) is 35.9. The van der Waals surface area contributed by atoms with Crippen molar-refractivity contribution in [2.75, 3.05) is 14.2 Å². The van der Waals surface area contributed by atoms with Crippen LogP contribution < -0.4 is 5.32 Å². The zero-order valence-corrected chi connectivity index (χ0v) is 24.5. The molecule has 3 rings (SSSR count). The number of aryl methyl sites for hydroxylation is 1. The number of aliphatic hydroxyl groups excluding tert-OH is 1. The fraction of sp³-hybridized carbons (Fsp3) is 0.469. The minimum atomic E-state index is -0.880. The van der Waals surface area contributed by atoms with Gasteiger partial charge in [-0.3, -0.25) is 14.4 Å². The molecule has 1 amide bonds. The van der Waals surface area contributed by atoms with E-state index < -0.39 is 5.41 Å². The first-order valence-corrected chi connectivity index (χ1v) is 12.9. The van der Waals surface area contributed by atoms with Gasteiger partial charge in [0.1, 0.15) is 11.2 Å². The Morgan fingerprint density at radius 1 is 0.892 bits per heavy atom. The number of ketones is 2. The SMILES string of the molecule is CC.CC1CC1.CCc1ccc(C#Cc2ccc(C(C)=O)cc2)cc1.CNC(=O)C(C)(C)C(C)=O.CO. The molecule has 1 aliphatic carbocycles. The summed E-state index contributed by atoms with van der Waals surface area (Å²) >= 11 is 0. The molecule has 0 atom stereocenters. The van der Waals surface area contributed by atoms with E-state index in [0.717, 1.165) is 36.1 Å². The van der Waals surface area contributed by atoms with Crippen LogP contribution in [0.5, 0.6) is 0 Å². The molecule has 0 heterocycles. The topological polar surface area (TPSA) is 83.5 Å². The number of hydrogen-bond acceptors (Lipinski definition) is 4. The van der Waals surface area contributed by atoms with Crippen LogP contribution in [0.2, 0.25) is 0 Å². The molecule has 0 bridgehead atoms. The summed E-state index contributed by atoms with van der Waals surface area (Å²) in [6.45, 7) is 14.6. The van der Waals surface area contributed by atoms with E-state index in [2.05, 4.69) is 43.1 Å². The Balaban J connectivity index is 0. The molecule has 5 heteroatoms. The molecule has 2 aromatic carbocycles. The molecule has 0 saturated heterocycles. The van der Waals surface area contributed by atoms with E-state index >= 15 is 0 Å². The Labute approximate surface area is 225 Å². The second-order valence-electron chi connectivity index (χ2n) is 8.88. The lowest BCUT2D eigenvalue weighted by Gasteiger charge is -2.17. The quantitative estimate of drug-likeness (QED) is 0.290. The minimum Gasteiger partial charge on any atom is -0.400 e. The van der Waals surface area contributed by atoms with E-state index in [9.17, 15) is 14.4 Å². The van der Waals surface area contributed by atoms with Crippen molar-refractivity contribution in [1.82, 2.24) is 5.32 Å². The van der Waals surface area contributed by atoms with Gasteiger partial charge in [0.05, 0.1) is 0 Å². The Morgan fingerprint density at radius 3 is 1.51 bits per heavy atom. The average molecular weight is 510 g/mol. The molecule has 37 heavy (non-hydrogen) atoms. The normalized spacial score (nSPS) is 11.0. The molecule has 0 unspecified atom stereocenters. The van der Waals surface area contributed by atoms with Gasteiger partial charge in [0.2, 0.25) is 5.91 Å². The summed E-state index contributed by atoms with van der Waals surface area (Å²) in [5.74, 6) is 7.04. The Hall–Kier alpha value is -3.23. The van der Waals surface area contributed by atoms with E-state index in [4.69, 9.17) is 5.11 Å². The summed E-state index contributed by atoms with van der Waals surface area (Å²) in [4.78, 5) is 32.9. The molecule has 2 aromatic rings. The highest BCUT2D eigenvalue weighted by atomic mass is 16.2. The largest absolute Gasteiger partial charge is 0.400 e. The Kier molecular flexibility index (Phi) is 19.3. The van der Waals surface area contributed by atoms with E-state index in [1.54, 1.807) is 20.8 Å². The Morgan fingerprint density at radius 2 is 1.27 bits per heavy atom. The molecule has 0 radical (unpaired) electrons. The molecule has 1 saturated carbocycles. The standard InChI is InChI=1S/C18H16O.C7H13NO2.C4H8.C2H6.CH4O/c1-3-15-4-6-16(7-5-15)8-9-17-10-12-18(13-11-17)14(2)19;1-5(9)7(2,3)6(10)8-4;1-4-2-3-4;2*1-2/h4-7,10-13H,3H2,1-2H3;1-4H3,(H,8,10);4H,2-3H2,1H3;1-2H3;2H,1H3. The minimum absolute atomic E-state index is 0.0784. The fourth-order valence-corrected chi connectivity index (χ4v) is 2.40. The smallest absolute Gasteiger partial charge is 0.232 e. The zero-order chi connectivity index (χ0) is 29.0. The van der Waals surface area contributed by atoms with Gasteiger partial charge in [-0.15, -0.1) is 0 Å². The van der Waals surface area contributed by atoms with Crippen LogP contribution in [0.1, 0.15) is 95.3 Å². The molecule has 0 aliphatic heterocycles. The van der Waals surface area contributed by atoms with Crippen molar-refractivity contribution in [1.29, 1.82) is 0 Å². The van der Waals surface area contributed by atoms with Crippen molar-refractivity contribution in [2.45, 2.75) is 74.7 Å². The van der Waals surface area contributed by atoms with Gasteiger partial charge in [0.25, 0.3) is 0 Å². The van der Waals surface area contributed by atoms with Gasteiger partial charge in [-0.25, -0.2) is 0 Å². The molecule has 1 aliphatic rings. The first-order chi connectivity index (χ1) is 17.5. The lowest BCUT2D eigenvalue weighted by atomic mass is 9.88. The van der Waals surface area contributed by atoms with Gasteiger partial charge in [-0.05, 0) is 69.9 Å². The van der Waals surface area contributed by atoms with Crippen molar-refractivity contribution in [2.24, 2.45) is 11.3 Å². The van der Waals surface area contributed by atoms with E-state index in [0.29, 0.717) is 0 Å². The number of aliphatic hydroxyl groups is 1. The number of amides is 1. The lowest BCUT2D eigenvalue weighted by molar-refractivity contribution is -0.138. The van der Waals surface area contributed by atoms with Crippen molar-refractivity contribution >= 4 is 17.5 Å². The van der Waals surface area contributed by atoms with Gasteiger partial charge in [0.15, 0.2) is 5.78 Å². The predicted molar refractivity (Wildman–Crippen MR) is 155 cm³/mol. The average Bonchev–Trinajstić information content (AvgIpc) is 3.72. The predicted octanol–water partition coefficient (Wildman–Crippen LogP) is 6.25. The summed E-state index contributed by atoms with van der Waals surface area (Å²) in [6, 6.07) is 15.7. The van der Waals surface area contributed by atoms with Gasteiger partial charge in [0, 0.05) is 30.8 Å². The van der Waals surface area contributed by atoms with E-state index in [1.807, 2.05) is 50.2 Å². The molecule has 2 N–H and O–H groups in total. The molecule has 1 fully saturated rings. The van der Waals surface area contributed by atoms with E-state index in [1.165, 1.54) is 32.4 Å². The number of carbonyl (C=O) groups excluding carboxylic acids is 3. The number of Topliss-reactive ketones (excluding diaryl/α,β-unsaturated/α-hetero) is 2. The molecular weight excluding hydrogens is 462 g/mol. The molecule has 5 nitrogen and oxygen atoms in total. The second-order valence-corrected chi connectivity index (χ2v) is 8.88. The van der Waals surface area contributed by atoms with Crippen molar-refractivity contribution < 1.29 is 19.5 Å². The first-order valence-electron chi connectivity index (χ1n) is 12.9. The highest BCUT2D eigenvalue weighted by Crippen LogP contribution is 2.26. The maximum Gasteiger partial charge on any atom is 0.232 e. The van der Waals surface area contributed by atoms with Gasteiger partial charge < -0.3 is 10.4 Å². The number of benzene rings is 2. The highest BCUT2D eigenvalue weighted by Gasteiger charge is 2.31. The van der Waals surface area contributed by atoms with Crippen LogP contribution in [0.4, 0.5) is 0 Å². The van der Waals surface area contributed by atoms with E-state index in [-0.39, 0.29) is 17.5 Å². The highest BCUT2D eigenvalue weighted by molar-refractivity contribution is 6.04. The summed E-state index contributed by atoms with van der Waals surface area (Å²) in [5.41, 5.74) is 3.08. The maximum atomic E-state index is 11.2. The number of rotatable bonds is 4. The third-order valence-electron chi connectivity index (χ3n) is 5.55. The van der Waals surface area contributed by atoms with Crippen LogP contribution >= 0.6 is 0 Å². The third-order valence-corrected chi connectivity index (χ3v) is 5.55. The number of hydrogen-bond donors (Lipinski definition) is 2. The van der Waals surface area contributed by atoms with Crippen molar-refractivity contribution in [3.63, 3.8) is 0 Å². The monoisotopic (exact) mass is 509 g/mol.